The van der Waals surface area contributed by atoms with E-state index in [4.69, 9.17) is 5.73 Å². The van der Waals surface area contributed by atoms with E-state index in [1.807, 2.05) is 24.3 Å². The van der Waals surface area contributed by atoms with Gasteiger partial charge in [0.05, 0.1) is 10.9 Å². The Labute approximate surface area is 123 Å². The van der Waals surface area contributed by atoms with Crippen molar-refractivity contribution in [3.05, 3.63) is 57.3 Å². The van der Waals surface area contributed by atoms with Crippen molar-refractivity contribution < 1.29 is 0 Å². The number of H-pyrrole nitrogens is 1. The third-order valence-corrected chi connectivity index (χ3v) is 3.37. The van der Waals surface area contributed by atoms with Crippen molar-refractivity contribution in [2.24, 2.45) is 0 Å². The van der Waals surface area contributed by atoms with Gasteiger partial charge in [-0.25, -0.2) is 4.98 Å². The smallest absolute Gasteiger partial charge is 0.260 e. The van der Waals surface area contributed by atoms with E-state index in [2.05, 4.69) is 31.2 Å². The summed E-state index contributed by atoms with van der Waals surface area (Å²) in [5, 5.41) is 3.54. The molecule has 0 aliphatic heterocycles. The van der Waals surface area contributed by atoms with E-state index in [0.29, 0.717) is 22.5 Å². The normalized spacial score (nSPS) is 10.7. The third kappa shape index (κ3) is 2.50. The Morgan fingerprint density at radius 2 is 1.90 bits per heavy atom. The highest BCUT2D eigenvalue weighted by atomic mass is 79.9. The second-order valence-electron chi connectivity index (χ2n) is 4.32. The van der Waals surface area contributed by atoms with Crippen LogP contribution in [0.25, 0.3) is 10.9 Å². The zero-order valence-electron chi connectivity index (χ0n) is 10.4. The van der Waals surface area contributed by atoms with Gasteiger partial charge < -0.3 is 11.1 Å². The molecule has 3 aromatic rings. The third-order valence-electron chi connectivity index (χ3n) is 2.84. The van der Waals surface area contributed by atoms with Crippen molar-refractivity contribution in [2.75, 3.05) is 11.1 Å². The van der Waals surface area contributed by atoms with Gasteiger partial charge in [0, 0.05) is 15.8 Å². The molecular formula is C14H11BrN4O. The van der Waals surface area contributed by atoms with Gasteiger partial charge in [0.1, 0.15) is 0 Å². The number of nitrogens with one attached hydrogen (secondary N) is 2. The Morgan fingerprint density at radius 1 is 1.15 bits per heavy atom. The van der Waals surface area contributed by atoms with Gasteiger partial charge in [-0.2, -0.15) is 0 Å². The highest BCUT2D eigenvalue weighted by Gasteiger charge is 2.04. The Kier molecular flexibility index (Phi) is 3.15. The second-order valence-corrected chi connectivity index (χ2v) is 5.24. The van der Waals surface area contributed by atoms with Gasteiger partial charge in [0.2, 0.25) is 5.95 Å². The maximum Gasteiger partial charge on any atom is 0.260 e. The van der Waals surface area contributed by atoms with E-state index in [1.54, 1.807) is 18.2 Å². The summed E-state index contributed by atoms with van der Waals surface area (Å²) in [4.78, 5) is 19.1. The molecule has 0 aliphatic rings. The molecule has 0 saturated carbocycles. The number of rotatable bonds is 2. The number of nitrogens with two attached hydrogens (primary N) is 1. The predicted molar refractivity (Wildman–Crippen MR) is 84.2 cm³/mol. The Morgan fingerprint density at radius 3 is 2.65 bits per heavy atom. The van der Waals surface area contributed by atoms with Gasteiger partial charge in [0.15, 0.2) is 0 Å². The molecule has 0 radical (unpaired) electrons. The zero-order valence-corrected chi connectivity index (χ0v) is 11.9. The molecule has 2 aromatic carbocycles. The molecule has 0 amide bonds. The Bertz CT molecular complexity index is 827. The van der Waals surface area contributed by atoms with Crippen LogP contribution in [-0.4, -0.2) is 9.97 Å². The van der Waals surface area contributed by atoms with Crippen LogP contribution in [0.15, 0.2) is 51.7 Å². The molecule has 1 aromatic heterocycles. The summed E-state index contributed by atoms with van der Waals surface area (Å²) < 4.78 is 0.985. The molecule has 20 heavy (non-hydrogen) atoms. The topological polar surface area (TPSA) is 83.8 Å². The molecule has 6 heteroatoms. The average molecular weight is 331 g/mol. The van der Waals surface area contributed by atoms with Gasteiger partial charge >= 0.3 is 0 Å². The van der Waals surface area contributed by atoms with E-state index in [1.165, 1.54) is 0 Å². The van der Waals surface area contributed by atoms with Crippen LogP contribution in [0.3, 0.4) is 0 Å². The van der Waals surface area contributed by atoms with E-state index in [-0.39, 0.29) is 5.56 Å². The SMILES string of the molecule is Nc1ccc2nc(Nc3ccc(Br)cc3)[nH]c(=O)c2c1. The lowest BCUT2D eigenvalue weighted by Gasteiger charge is -2.06. The van der Waals surface area contributed by atoms with Crippen LogP contribution in [0.4, 0.5) is 17.3 Å². The molecule has 0 spiro atoms. The minimum absolute atomic E-state index is 0.220. The molecule has 0 aliphatic carbocycles. The van der Waals surface area contributed by atoms with Crippen molar-refractivity contribution >= 4 is 44.2 Å². The number of hydrogen-bond donors (Lipinski definition) is 3. The van der Waals surface area contributed by atoms with Crippen molar-refractivity contribution in [3.63, 3.8) is 0 Å². The first-order valence-corrected chi connectivity index (χ1v) is 6.73. The molecule has 1 heterocycles. The van der Waals surface area contributed by atoms with Crippen LogP contribution in [0.2, 0.25) is 0 Å². The maximum atomic E-state index is 12.0. The van der Waals surface area contributed by atoms with E-state index in [9.17, 15) is 4.79 Å². The highest BCUT2D eigenvalue weighted by molar-refractivity contribution is 9.10. The lowest BCUT2D eigenvalue weighted by atomic mass is 10.2. The van der Waals surface area contributed by atoms with Crippen LogP contribution >= 0.6 is 15.9 Å². The number of aromatic nitrogens is 2. The van der Waals surface area contributed by atoms with Crippen LogP contribution in [0.1, 0.15) is 0 Å². The van der Waals surface area contributed by atoms with Crippen LogP contribution in [0.5, 0.6) is 0 Å². The quantitative estimate of drug-likeness (QED) is 0.630. The average Bonchev–Trinajstić information content (AvgIpc) is 2.42. The molecule has 3 rings (SSSR count). The number of hydrogen-bond acceptors (Lipinski definition) is 4. The summed E-state index contributed by atoms with van der Waals surface area (Å²) in [5.41, 5.74) is 7.43. The van der Waals surface area contributed by atoms with Gasteiger partial charge in [-0.15, -0.1) is 0 Å². The van der Waals surface area contributed by atoms with Gasteiger partial charge in [-0.05, 0) is 42.5 Å². The van der Waals surface area contributed by atoms with Crippen molar-refractivity contribution in [2.45, 2.75) is 0 Å². The summed E-state index contributed by atoms with van der Waals surface area (Å²) >= 11 is 3.37. The summed E-state index contributed by atoms with van der Waals surface area (Å²) in [6.07, 6.45) is 0. The van der Waals surface area contributed by atoms with E-state index in [0.717, 1.165) is 10.2 Å². The maximum absolute atomic E-state index is 12.0. The number of anilines is 3. The van der Waals surface area contributed by atoms with Crippen molar-refractivity contribution in [1.29, 1.82) is 0 Å². The lowest BCUT2D eigenvalue weighted by molar-refractivity contribution is 1.17. The molecule has 0 saturated heterocycles. The van der Waals surface area contributed by atoms with Crippen LogP contribution in [-0.2, 0) is 0 Å². The van der Waals surface area contributed by atoms with E-state index >= 15 is 0 Å². The fraction of sp³-hybridized carbons (Fsp3) is 0. The first-order chi connectivity index (χ1) is 9.61. The van der Waals surface area contributed by atoms with Crippen molar-refractivity contribution in [3.8, 4) is 0 Å². The Hall–Kier alpha value is -2.34. The number of halogens is 1. The monoisotopic (exact) mass is 330 g/mol. The van der Waals surface area contributed by atoms with Crippen molar-refractivity contribution in [1.82, 2.24) is 9.97 Å². The fourth-order valence-electron chi connectivity index (χ4n) is 1.89. The van der Waals surface area contributed by atoms with Gasteiger partial charge in [0.25, 0.3) is 5.56 Å². The molecule has 4 N–H and O–H groups in total. The molecular weight excluding hydrogens is 320 g/mol. The summed E-state index contributed by atoms with van der Waals surface area (Å²) in [7, 11) is 0. The second kappa shape index (κ2) is 4.97. The van der Waals surface area contributed by atoms with Gasteiger partial charge in [-0.1, -0.05) is 15.9 Å². The Balaban J connectivity index is 2.02. The summed E-state index contributed by atoms with van der Waals surface area (Å²) in [6.45, 7) is 0. The molecule has 0 atom stereocenters. The number of nitrogen functional groups attached to an aromatic ring is 1. The minimum Gasteiger partial charge on any atom is -0.399 e. The first-order valence-electron chi connectivity index (χ1n) is 5.94. The standard InChI is InChI=1S/C14H11BrN4O/c15-8-1-4-10(5-2-8)17-14-18-12-6-3-9(16)7-11(12)13(20)19-14/h1-7H,16H2,(H2,17,18,19,20). The lowest BCUT2D eigenvalue weighted by Crippen LogP contribution is -2.11. The molecule has 100 valence electrons. The highest BCUT2D eigenvalue weighted by Crippen LogP contribution is 2.18. The molecule has 0 bridgehead atoms. The molecule has 5 nitrogen and oxygen atoms in total. The predicted octanol–water partition coefficient (Wildman–Crippen LogP) is 3.01. The summed E-state index contributed by atoms with van der Waals surface area (Å²) in [5.74, 6) is 0.398. The number of nitrogens with zero attached hydrogens (tertiary/aromatic N) is 1. The largest absolute Gasteiger partial charge is 0.399 e. The fourth-order valence-corrected chi connectivity index (χ4v) is 2.15. The number of aromatic amines is 1. The summed E-state index contributed by atoms with van der Waals surface area (Å²) in [6, 6.07) is 12.6. The van der Waals surface area contributed by atoms with Crippen LogP contribution in [0, 0.1) is 0 Å². The number of benzene rings is 2. The minimum atomic E-state index is -0.220. The zero-order chi connectivity index (χ0) is 14.1. The molecule has 0 fully saturated rings. The molecule has 0 unspecified atom stereocenters. The van der Waals surface area contributed by atoms with Crippen LogP contribution < -0.4 is 16.6 Å². The number of fused-ring (bicyclic) bond motifs is 1. The van der Waals surface area contributed by atoms with Gasteiger partial charge in [-0.3, -0.25) is 9.78 Å². The van der Waals surface area contributed by atoms with E-state index < -0.39 is 0 Å². The first kappa shape index (κ1) is 12.7.